The van der Waals surface area contributed by atoms with Crippen LogP contribution >= 0.6 is 0 Å². The zero-order valence-corrected chi connectivity index (χ0v) is 18.9. The van der Waals surface area contributed by atoms with Crippen molar-refractivity contribution in [3.8, 4) is 5.75 Å². The zero-order valence-electron chi connectivity index (χ0n) is 18.9. The SMILES string of the molecule is Cc1ccc(C(C)C)c(OCC(=O)N(C)C2CCN(C(=O)OC(C)(C)C)CC2)c1. The molecule has 0 aromatic heterocycles. The van der Waals surface area contributed by atoms with Gasteiger partial charge in [0, 0.05) is 26.2 Å². The molecule has 1 aliphatic heterocycles. The van der Waals surface area contributed by atoms with Gasteiger partial charge in [-0.2, -0.15) is 0 Å². The number of likely N-dealkylation sites (tertiary alicyclic amines) is 1. The maximum atomic E-state index is 12.7. The summed E-state index contributed by atoms with van der Waals surface area (Å²) in [5.74, 6) is 1.06. The van der Waals surface area contributed by atoms with Crippen molar-refractivity contribution in [2.75, 3.05) is 26.7 Å². The van der Waals surface area contributed by atoms with E-state index >= 15 is 0 Å². The van der Waals surface area contributed by atoms with Crippen LogP contribution in [0.25, 0.3) is 0 Å². The molecule has 6 nitrogen and oxygen atoms in total. The van der Waals surface area contributed by atoms with E-state index < -0.39 is 5.60 Å². The molecule has 0 saturated carbocycles. The van der Waals surface area contributed by atoms with Gasteiger partial charge in [0.05, 0.1) is 0 Å². The lowest BCUT2D eigenvalue weighted by atomic mass is 10.0. The number of hydrogen-bond donors (Lipinski definition) is 0. The monoisotopic (exact) mass is 404 g/mol. The Kier molecular flexibility index (Phi) is 7.55. The van der Waals surface area contributed by atoms with Crippen LogP contribution in [0.5, 0.6) is 5.75 Å². The van der Waals surface area contributed by atoms with Crippen LogP contribution in [0, 0.1) is 6.92 Å². The quantitative estimate of drug-likeness (QED) is 0.732. The second kappa shape index (κ2) is 9.51. The molecule has 0 atom stereocenters. The highest BCUT2D eigenvalue weighted by Gasteiger charge is 2.30. The van der Waals surface area contributed by atoms with Crippen LogP contribution in [0.2, 0.25) is 0 Å². The van der Waals surface area contributed by atoms with Gasteiger partial charge >= 0.3 is 6.09 Å². The molecule has 29 heavy (non-hydrogen) atoms. The molecule has 6 heteroatoms. The average Bonchev–Trinajstić information content (AvgIpc) is 2.64. The molecule has 1 fully saturated rings. The number of aryl methyl sites for hydroxylation is 1. The average molecular weight is 405 g/mol. The van der Waals surface area contributed by atoms with Crippen LogP contribution < -0.4 is 4.74 Å². The van der Waals surface area contributed by atoms with Crippen molar-refractivity contribution in [3.05, 3.63) is 29.3 Å². The molecule has 2 rings (SSSR count). The number of amides is 2. The second-order valence-electron chi connectivity index (χ2n) is 9.19. The van der Waals surface area contributed by atoms with Crippen LogP contribution in [0.1, 0.15) is 64.5 Å². The van der Waals surface area contributed by atoms with Crippen LogP contribution in [0.15, 0.2) is 18.2 Å². The van der Waals surface area contributed by atoms with Gasteiger partial charge < -0.3 is 19.3 Å². The van der Waals surface area contributed by atoms with Gasteiger partial charge in [0.25, 0.3) is 5.91 Å². The Morgan fingerprint density at radius 3 is 2.38 bits per heavy atom. The second-order valence-corrected chi connectivity index (χ2v) is 9.19. The first kappa shape index (κ1) is 23.0. The zero-order chi connectivity index (χ0) is 21.8. The Morgan fingerprint density at radius 2 is 1.83 bits per heavy atom. The largest absolute Gasteiger partial charge is 0.483 e. The molecule has 162 valence electrons. The Hall–Kier alpha value is -2.24. The van der Waals surface area contributed by atoms with Gasteiger partial charge in [0.2, 0.25) is 0 Å². The number of hydrogen-bond acceptors (Lipinski definition) is 4. The molecule has 1 aromatic rings. The molecule has 0 spiro atoms. The van der Waals surface area contributed by atoms with Crippen molar-refractivity contribution < 1.29 is 19.1 Å². The van der Waals surface area contributed by atoms with Crippen LogP contribution in [-0.2, 0) is 9.53 Å². The first-order valence-corrected chi connectivity index (χ1v) is 10.4. The first-order valence-electron chi connectivity index (χ1n) is 10.4. The molecule has 2 amide bonds. The number of ether oxygens (including phenoxy) is 2. The summed E-state index contributed by atoms with van der Waals surface area (Å²) in [6, 6.07) is 6.22. The van der Waals surface area contributed by atoms with E-state index in [1.54, 1.807) is 9.80 Å². The highest BCUT2D eigenvalue weighted by molar-refractivity contribution is 5.78. The number of nitrogens with zero attached hydrogens (tertiary/aromatic N) is 2. The fourth-order valence-corrected chi connectivity index (χ4v) is 3.45. The number of likely N-dealkylation sites (N-methyl/N-ethyl adjacent to an activating group) is 1. The number of benzene rings is 1. The summed E-state index contributed by atoms with van der Waals surface area (Å²) in [6.45, 7) is 13.0. The van der Waals surface area contributed by atoms with Gasteiger partial charge in [0.15, 0.2) is 6.61 Å². The number of carbonyl (C=O) groups excluding carboxylic acids is 2. The molecular weight excluding hydrogens is 368 g/mol. The van der Waals surface area contributed by atoms with E-state index in [0.29, 0.717) is 19.0 Å². The summed E-state index contributed by atoms with van der Waals surface area (Å²) in [4.78, 5) is 28.4. The molecule has 0 radical (unpaired) electrons. The normalized spacial score (nSPS) is 15.4. The minimum atomic E-state index is -0.497. The third kappa shape index (κ3) is 6.65. The first-order chi connectivity index (χ1) is 13.5. The minimum Gasteiger partial charge on any atom is -0.483 e. The Bertz CT molecular complexity index is 716. The van der Waals surface area contributed by atoms with E-state index in [2.05, 4.69) is 26.0 Å². The minimum absolute atomic E-state index is 0.0198. The number of piperidine rings is 1. The van der Waals surface area contributed by atoms with E-state index in [9.17, 15) is 9.59 Å². The maximum Gasteiger partial charge on any atom is 0.410 e. The third-order valence-electron chi connectivity index (χ3n) is 5.20. The molecule has 1 aromatic carbocycles. The van der Waals surface area contributed by atoms with E-state index in [1.807, 2.05) is 40.8 Å². The predicted molar refractivity (Wildman–Crippen MR) is 114 cm³/mol. The predicted octanol–water partition coefficient (Wildman–Crippen LogP) is 4.36. The highest BCUT2D eigenvalue weighted by atomic mass is 16.6. The lowest BCUT2D eigenvalue weighted by molar-refractivity contribution is -0.134. The summed E-state index contributed by atoms with van der Waals surface area (Å²) < 4.78 is 11.3. The van der Waals surface area contributed by atoms with Crippen LogP contribution in [-0.4, -0.2) is 60.2 Å². The van der Waals surface area contributed by atoms with Crippen molar-refractivity contribution in [2.45, 2.75) is 71.9 Å². The summed E-state index contributed by atoms with van der Waals surface area (Å²) >= 11 is 0. The smallest absolute Gasteiger partial charge is 0.410 e. The highest BCUT2D eigenvalue weighted by Crippen LogP contribution is 2.27. The van der Waals surface area contributed by atoms with Crippen LogP contribution in [0.3, 0.4) is 0 Å². The summed E-state index contributed by atoms with van der Waals surface area (Å²) in [6.07, 6.45) is 1.20. The molecule has 1 saturated heterocycles. The lowest BCUT2D eigenvalue weighted by Gasteiger charge is -2.37. The molecule has 0 aliphatic carbocycles. The van der Waals surface area contributed by atoms with Crippen molar-refractivity contribution in [3.63, 3.8) is 0 Å². The maximum absolute atomic E-state index is 12.7. The fourth-order valence-electron chi connectivity index (χ4n) is 3.45. The Morgan fingerprint density at radius 1 is 1.21 bits per heavy atom. The molecule has 1 aliphatic rings. The lowest BCUT2D eigenvalue weighted by Crippen LogP contribution is -2.49. The summed E-state index contributed by atoms with van der Waals surface area (Å²) in [5.41, 5.74) is 1.72. The Labute approximate surface area is 175 Å². The number of carbonyl (C=O) groups is 2. The van der Waals surface area contributed by atoms with E-state index in [0.717, 1.165) is 29.7 Å². The number of rotatable bonds is 5. The van der Waals surface area contributed by atoms with Gasteiger partial charge in [-0.05, 0) is 63.6 Å². The van der Waals surface area contributed by atoms with Gasteiger partial charge in [0.1, 0.15) is 11.4 Å². The topological polar surface area (TPSA) is 59.1 Å². The van der Waals surface area contributed by atoms with Gasteiger partial charge in [-0.15, -0.1) is 0 Å². The third-order valence-corrected chi connectivity index (χ3v) is 5.20. The van der Waals surface area contributed by atoms with E-state index in [4.69, 9.17) is 9.47 Å². The van der Waals surface area contributed by atoms with Gasteiger partial charge in [-0.1, -0.05) is 26.0 Å². The van der Waals surface area contributed by atoms with Crippen molar-refractivity contribution in [1.29, 1.82) is 0 Å². The summed E-state index contributed by atoms with van der Waals surface area (Å²) in [5, 5.41) is 0. The summed E-state index contributed by atoms with van der Waals surface area (Å²) in [7, 11) is 1.82. The molecule has 1 heterocycles. The van der Waals surface area contributed by atoms with Crippen molar-refractivity contribution in [2.24, 2.45) is 0 Å². The van der Waals surface area contributed by atoms with Crippen molar-refractivity contribution in [1.82, 2.24) is 9.80 Å². The van der Waals surface area contributed by atoms with Gasteiger partial charge in [-0.25, -0.2) is 4.79 Å². The van der Waals surface area contributed by atoms with Crippen LogP contribution in [0.4, 0.5) is 4.79 Å². The molecular formula is C23H36N2O4. The fraction of sp³-hybridized carbons (Fsp3) is 0.652. The van der Waals surface area contributed by atoms with Crippen molar-refractivity contribution >= 4 is 12.0 Å². The molecule has 0 N–H and O–H groups in total. The molecule has 0 unspecified atom stereocenters. The van der Waals surface area contributed by atoms with E-state index in [-0.39, 0.29) is 24.6 Å². The van der Waals surface area contributed by atoms with Gasteiger partial charge in [-0.3, -0.25) is 4.79 Å². The Balaban J connectivity index is 1.87. The van der Waals surface area contributed by atoms with E-state index in [1.165, 1.54) is 0 Å². The molecule has 0 bridgehead atoms. The standard InChI is InChI=1S/C23H36N2O4/c1-16(2)19-9-8-17(3)14-20(19)28-15-21(26)24(7)18-10-12-25(13-11-18)22(27)29-23(4,5)6/h8-9,14,16,18H,10-13,15H2,1-7H3.